The number of hydrogen-bond acceptors (Lipinski definition) is 2. The zero-order valence-corrected chi connectivity index (χ0v) is 13.5. The van der Waals surface area contributed by atoms with Gasteiger partial charge in [0, 0.05) is 28.6 Å². The molecule has 1 atom stereocenters. The maximum Gasteiger partial charge on any atom is 0.0263 e. The van der Waals surface area contributed by atoms with Gasteiger partial charge < -0.3 is 4.90 Å². The Hall–Kier alpha value is 0.01000. The molecule has 0 bridgehead atoms. The summed E-state index contributed by atoms with van der Waals surface area (Å²) in [4.78, 5) is 4.11. The molecule has 1 unspecified atom stereocenters. The van der Waals surface area contributed by atoms with Crippen LogP contribution in [0.5, 0.6) is 0 Å². The molecule has 1 aromatic rings. The van der Waals surface area contributed by atoms with E-state index in [4.69, 9.17) is 0 Å². The van der Waals surface area contributed by atoms with E-state index in [1.165, 1.54) is 43.8 Å². The van der Waals surface area contributed by atoms with Gasteiger partial charge in [-0.3, -0.25) is 0 Å². The van der Waals surface area contributed by atoms with Crippen molar-refractivity contribution >= 4 is 27.7 Å². The highest BCUT2D eigenvalue weighted by atomic mass is 79.9. The van der Waals surface area contributed by atoms with Gasteiger partial charge in [-0.1, -0.05) is 47.5 Å². The highest BCUT2D eigenvalue weighted by Crippen LogP contribution is 2.37. The van der Waals surface area contributed by atoms with E-state index in [0.717, 1.165) is 10.6 Å². The Balaban J connectivity index is 1.86. The Kier molecular flexibility index (Phi) is 6.06. The Morgan fingerprint density at radius 1 is 1.33 bits per heavy atom. The van der Waals surface area contributed by atoms with E-state index in [1.54, 1.807) is 5.56 Å². The van der Waals surface area contributed by atoms with Crippen molar-refractivity contribution in [2.45, 2.75) is 36.3 Å². The molecular weight excluding hydrogens is 306 g/mol. The Morgan fingerprint density at radius 3 is 2.89 bits per heavy atom. The first-order valence-electron chi connectivity index (χ1n) is 6.86. The standard InChI is InChI=1S/C15H22BrNS/c1-2-3-9-17(10-8-16)12-14-11-13-6-4-5-7-15(13)18-14/h4-7,14H,2-3,8-12H2,1H3. The van der Waals surface area contributed by atoms with Gasteiger partial charge in [-0.05, 0) is 31.0 Å². The zero-order chi connectivity index (χ0) is 12.8. The second kappa shape index (κ2) is 7.56. The Morgan fingerprint density at radius 2 is 2.17 bits per heavy atom. The molecule has 1 aliphatic heterocycles. The van der Waals surface area contributed by atoms with E-state index >= 15 is 0 Å². The first-order chi connectivity index (χ1) is 8.83. The molecule has 0 N–H and O–H groups in total. The molecule has 0 radical (unpaired) electrons. The molecule has 0 saturated carbocycles. The fourth-order valence-corrected chi connectivity index (χ4v) is 4.31. The van der Waals surface area contributed by atoms with Gasteiger partial charge in [0.15, 0.2) is 0 Å². The average molecular weight is 328 g/mol. The summed E-state index contributed by atoms with van der Waals surface area (Å²) in [6.45, 7) is 5.92. The maximum absolute atomic E-state index is 3.57. The number of halogens is 1. The lowest BCUT2D eigenvalue weighted by Crippen LogP contribution is -2.33. The van der Waals surface area contributed by atoms with Crippen LogP contribution in [0.4, 0.5) is 0 Å². The van der Waals surface area contributed by atoms with Crippen LogP contribution in [0, 0.1) is 0 Å². The van der Waals surface area contributed by atoms with Gasteiger partial charge in [-0.25, -0.2) is 0 Å². The van der Waals surface area contributed by atoms with Gasteiger partial charge in [-0.15, -0.1) is 11.8 Å². The zero-order valence-electron chi connectivity index (χ0n) is 11.1. The number of unbranched alkanes of at least 4 members (excludes halogenated alkanes) is 1. The number of thioether (sulfide) groups is 1. The van der Waals surface area contributed by atoms with Crippen molar-refractivity contribution in [3.8, 4) is 0 Å². The molecule has 1 aromatic carbocycles. The van der Waals surface area contributed by atoms with Crippen LogP contribution in [0.15, 0.2) is 29.2 Å². The summed E-state index contributed by atoms with van der Waals surface area (Å²) in [6.07, 6.45) is 3.85. The number of rotatable bonds is 7. The molecular formula is C15H22BrNS. The number of benzene rings is 1. The van der Waals surface area contributed by atoms with Crippen LogP contribution in [0.25, 0.3) is 0 Å². The number of hydrogen-bond donors (Lipinski definition) is 0. The first-order valence-corrected chi connectivity index (χ1v) is 8.86. The SMILES string of the molecule is CCCCN(CCBr)CC1Cc2ccccc2S1. The monoisotopic (exact) mass is 327 g/mol. The Bertz CT molecular complexity index is 344. The fourth-order valence-electron chi connectivity index (χ4n) is 2.44. The normalized spacial score (nSPS) is 18.3. The summed E-state index contributed by atoms with van der Waals surface area (Å²) in [5.41, 5.74) is 1.54. The lowest BCUT2D eigenvalue weighted by atomic mass is 10.1. The summed E-state index contributed by atoms with van der Waals surface area (Å²) >= 11 is 5.64. The van der Waals surface area contributed by atoms with Crippen molar-refractivity contribution in [1.82, 2.24) is 4.90 Å². The van der Waals surface area contributed by atoms with Crippen molar-refractivity contribution in [3.05, 3.63) is 29.8 Å². The second-order valence-corrected chi connectivity index (χ2v) is 7.03. The van der Waals surface area contributed by atoms with E-state index < -0.39 is 0 Å². The number of alkyl halides is 1. The third kappa shape index (κ3) is 4.01. The predicted octanol–water partition coefficient (Wildman–Crippen LogP) is 4.20. The van der Waals surface area contributed by atoms with E-state index in [1.807, 2.05) is 0 Å². The molecule has 0 saturated heterocycles. The smallest absolute Gasteiger partial charge is 0.0263 e. The third-order valence-corrected chi connectivity index (χ3v) is 5.06. The minimum atomic E-state index is 0.748. The highest BCUT2D eigenvalue weighted by Gasteiger charge is 2.23. The van der Waals surface area contributed by atoms with E-state index in [2.05, 4.69) is 63.8 Å². The van der Waals surface area contributed by atoms with Crippen LogP contribution in [-0.2, 0) is 6.42 Å². The second-order valence-electron chi connectivity index (χ2n) is 4.89. The minimum Gasteiger partial charge on any atom is -0.301 e. The minimum absolute atomic E-state index is 0.748. The van der Waals surface area contributed by atoms with Crippen molar-refractivity contribution in [3.63, 3.8) is 0 Å². The lowest BCUT2D eigenvalue weighted by molar-refractivity contribution is 0.287. The largest absolute Gasteiger partial charge is 0.301 e. The quantitative estimate of drug-likeness (QED) is 0.690. The van der Waals surface area contributed by atoms with Crippen LogP contribution < -0.4 is 0 Å². The molecule has 0 aliphatic carbocycles. The van der Waals surface area contributed by atoms with Gasteiger partial charge >= 0.3 is 0 Å². The van der Waals surface area contributed by atoms with Crippen molar-refractivity contribution < 1.29 is 0 Å². The van der Waals surface area contributed by atoms with E-state index in [-0.39, 0.29) is 0 Å². The lowest BCUT2D eigenvalue weighted by Gasteiger charge is -2.24. The highest BCUT2D eigenvalue weighted by molar-refractivity contribution is 9.09. The van der Waals surface area contributed by atoms with Crippen LogP contribution >= 0.6 is 27.7 Å². The summed E-state index contributed by atoms with van der Waals surface area (Å²) in [6, 6.07) is 8.86. The summed E-state index contributed by atoms with van der Waals surface area (Å²) in [5, 5.41) is 1.83. The third-order valence-electron chi connectivity index (χ3n) is 3.40. The topological polar surface area (TPSA) is 3.24 Å². The van der Waals surface area contributed by atoms with E-state index in [9.17, 15) is 0 Å². The molecule has 1 aliphatic rings. The van der Waals surface area contributed by atoms with Gasteiger partial charge in [0.05, 0.1) is 0 Å². The van der Waals surface area contributed by atoms with Crippen molar-refractivity contribution in [2.75, 3.05) is 25.0 Å². The van der Waals surface area contributed by atoms with Gasteiger partial charge in [-0.2, -0.15) is 0 Å². The number of nitrogens with zero attached hydrogens (tertiary/aromatic N) is 1. The number of fused-ring (bicyclic) bond motifs is 1. The predicted molar refractivity (Wildman–Crippen MR) is 84.9 cm³/mol. The average Bonchev–Trinajstić information content (AvgIpc) is 2.78. The molecule has 1 heterocycles. The molecule has 3 heteroatoms. The van der Waals surface area contributed by atoms with Gasteiger partial charge in [0.25, 0.3) is 0 Å². The van der Waals surface area contributed by atoms with Crippen LogP contribution in [0.2, 0.25) is 0 Å². The van der Waals surface area contributed by atoms with Gasteiger partial charge in [0.1, 0.15) is 0 Å². The molecule has 100 valence electrons. The van der Waals surface area contributed by atoms with Crippen molar-refractivity contribution in [1.29, 1.82) is 0 Å². The van der Waals surface area contributed by atoms with Crippen LogP contribution in [0.3, 0.4) is 0 Å². The Labute approximate surface area is 123 Å². The summed E-state index contributed by atoms with van der Waals surface area (Å²) < 4.78 is 0. The maximum atomic E-state index is 3.57. The summed E-state index contributed by atoms with van der Waals surface area (Å²) in [5.74, 6) is 0. The molecule has 0 aromatic heterocycles. The molecule has 0 fully saturated rings. The van der Waals surface area contributed by atoms with Crippen LogP contribution in [-0.4, -0.2) is 35.1 Å². The summed E-state index contributed by atoms with van der Waals surface area (Å²) in [7, 11) is 0. The van der Waals surface area contributed by atoms with E-state index in [0.29, 0.717) is 0 Å². The fraction of sp³-hybridized carbons (Fsp3) is 0.600. The van der Waals surface area contributed by atoms with Crippen molar-refractivity contribution in [2.24, 2.45) is 0 Å². The first kappa shape index (κ1) is 14.4. The molecule has 0 amide bonds. The molecule has 18 heavy (non-hydrogen) atoms. The van der Waals surface area contributed by atoms with Crippen LogP contribution in [0.1, 0.15) is 25.3 Å². The molecule has 1 nitrogen and oxygen atoms in total. The molecule has 2 rings (SSSR count). The van der Waals surface area contributed by atoms with Gasteiger partial charge in [0.2, 0.25) is 0 Å². The molecule has 0 spiro atoms.